The number of hydrogen-bond acceptors (Lipinski definition) is 3. The molecule has 0 saturated carbocycles. The van der Waals surface area contributed by atoms with E-state index >= 15 is 0 Å². The van der Waals surface area contributed by atoms with Crippen molar-refractivity contribution in [3.05, 3.63) is 53.9 Å². The van der Waals surface area contributed by atoms with Crippen LogP contribution < -0.4 is 0 Å². The van der Waals surface area contributed by atoms with Crippen LogP contribution in [0.2, 0.25) is 0 Å². The fourth-order valence-corrected chi connectivity index (χ4v) is 2.06. The Balaban J connectivity index is 2.19. The molecule has 5 nitrogen and oxygen atoms in total. The van der Waals surface area contributed by atoms with E-state index in [2.05, 4.69) is 10.1 Å². The van der Waals surface area contributed by atoms with Gasteiger partial charge in [-0.25, -0.2) is 14.5 Å². The summed E-state index contributed by atoms with van der Waals surface area (Å²) in [6.45, 7) is 1.86. The van der Waals surface area contributed by atoms with Crippen molar-refractivity contribution in [2.45, 2.75) is 6.92 Å². The molecule has 0 unspecified atom stereocenters. The Kier molecular flexibility index (Phi) is 2.52. The number of fused-ring (bicyclic) bond motifs is 1. The van der Waals surface area contributed by atoms with E-state index in [1.54, 1.807) is 35.3 Å². The van der Waals surface area contributed by atoms with E-state index in [-0.39, 0.29) is 5.56 Å². The number of aromatic nitrogens is 3. The van der Waals surface area contributed by atoms with Crippen LogP contribution in [-0.4, -0.2) is 25.8 Å². The molecule has 94 valence electrons. The molecule has 2 aromatic heterocycles. The first kappa shape index (κ1) is 11.4. The SMILES string of the molecule is Cc1cc(C(=O)O)ccc1-n1ncc2cccnc21. The number of rotatable bonds is 2. The topological polar surface area (TPSA) is 68.0 Å². The zero-order valence-corrected chi connectivity index (χ0v) is 10.2. The minimum absolute atomic E-state index is 0.269. The van der Waals surface area contributed by atoms with Gasteiger partial charge in [0.15, 0.2) is 5.65 Å². The van der Waals surface area contributed by atoms with E-state index in [9.17, 15) is 4.79 Å². The van der Waals surface area contributed by atoms with Gasteiger partial charge in [-0.05, 0) is 42.8 Å². The molecule has 0 aliphatic carbocycles. The minimum Gasteiger partial charge on any atom is -0.478 e. The summed E-state index contributed by atoms with van der Waals surface area (Å²) < 4.78 is 1.72. The molecule has 0 saturated heterocycles. The zero-order chi connectivity index (χ0) is 13.4. The minimum atomic E-state index is -0.932. The van der Waals surface area contributed by atoms with Crippen molar-refractivity contribution in [3.8, 4) is 5.69 Å². The largest absolute Gasteiger partial charge is 0.478 e. The highest BCUT2D eigenvalue weighted by molar-refractivity contribution is 5.88. The van der Waals surface area contributed by atoms with Crippen LogP contribution >= 0.6 is 0 Å². The average molecular weight is 253 g/mol. The summed E-state index contributed by atoms with van der Waals surface area (Å²) in [6, 6.07) is 8.75. The molecular weight excluding hydrogens is 242 g/mol. The van der Waals surface area contributed by atoms with E-state index in [0.717, 1.165) is 22.3 Å². The van der Waals surface area contributed by atoms with Gasteiger partial charge < -0.3 is 5.11 Å². The molecule has 0 radical (unpaired) electrons. The molecule has 0 atom stereocenters. The number of aromatic carboxylic acids is 1. The van der Waals surface area contributed by atoms with Gasteiger partial charge in [-0.3, -0.25) is 0 Å². The van der Waals surface area contributed by atoms with Gasteiger partial charge in [0.05, 0.1) is 17.4 Å². The lowest BCUT2D eigenvalue weighted by molar-refractivity contribution is 0.0697. The first-order valence-electron chi connectivity index (χ1n) is 5.80. The number of hydrogen-bond donors (Lipinski definition) is 1. The quantitative estimate of drug-likeness (QED) is 0.761. The van der Waals surface area contributed by atoms with Crippen molar-refractivity contribution in [3.63, 3.8) is 0 Å². The number of carboxylic acids is 1. The van der Waals surface area contributed by atoms with Crippen molar-refractivity contribution in [2.75, 3.05) is 0 Å². The molecule has 0 bridgehead atoms. The highest BCUT2D eigenvalue weighted by atomic mass is 16.4. The number of nitrogens with zero attached hydrogens (tertiary/aromatic N) is 3. The van der Waals surface area contributed by atoms with Crippen LogP contribution in [0.3, 0.4) is 0 Å². The molecule has 19 heavy (non-hydrogen) atoms. The van der Waals surface area contributed by atoms with Gasteiger partial charge in [-0.15, -0.1) is 0 Å². The second-order valence-electron chi connectivity index (χ2n) is 4.28. The van der Waals surface area contributed by atoms with Crippen LogP contribution in [0.15, 0.2) is 42.7 Å². The lowest BCUT2D eigenvalue weighted by Crippen LogP contribution is -2.03. The summed E-state index contributed by atoms with van der Waals surface area (Å²) >= 11 is 0. The Morgan fingerprint density at radius 3 is 2.89 bits per heavy atom. The summed E-state index contributed by atoms with van der Waals surface area (Å²) in [5.74, 6) is -0.932. The fourth-order valence-electron chi connectivity index (χ4n) is 2.06. The number of aryl methyl sites for hydroxylation is 1. The molecule has 0 spiro atoms. The maximum absolute atomic E-state index is 10.9. The Labute approximate surface area is 109 Å². The maximum Gasteiger partial charge on any atom is 0.335 e. The third-order valence-corrected chi connectivity index (χ3v) is 3.00. The Hall–Kier alpha value is -2.69. The van der Waals surface area contributed by atoms with Gasteiger partial charge in [0, 0.05) is 11.6 Å². The molecule has 1 aromatic carbocycles. The van der Waals surface area contributed by atoms with Gasteiger partial charge >= 0.3 is 5.97 Å². The third-order valence-electron chi connectivity index (χ3n) is 3.00. The van der Waals surface area contributed by atoms with E-state index < -0.39 is 5.97 Å². The normalized spacial score (nSPS) is 10.8. The monoisotopic (exact) mass is 253 g/mol. The predicted molar refractivity (Wildman–Crippen MR) is 70.6 cm³/mol. The molecule has 0 aliphatic rings. The molecular formula is C14H11N3O2. The van der Waals surface area contributed by atoms with Crippen molar-refractivity contribution >= 4 is 17.0 Å². The van der Waals surface area contributed by atoms with Crippen LogP contribution in [0.25, 0.3) is 16.7 Å². The number of pyridine rings is 1. The van der Waals surface area contributed by atoms with Crippen LogP contribution in [0.1, 0.15) is 15.9 Å². The van der Waals surface area contributed by atoms with Crippen LogP contribution in [0.5, 0.6) is 0 Å². The lowest BCUT2D eigenvalue weighted by atomic mass is 10.1. The third kappa shape index (κ3) is 1.85. The highest BCUT2D eigenvalue weighted by Gasteiger charge is 2.10. The molecule has 0 fully saturated rings. The van der Waals surface area contributed by atoms with Crippen molar-refractivity contribution < 1.29 is 9.90 Å². The Morgan fingerprint density at radius 1 is 1.32 bits per heavy atom. The van der Waals surface area contributed by atoms with Gasteiger partial charge in [-0.1, -0.05) is 0 Å². The molecule has 0 amide bonds. The average Bonchev–Trinajstić information content (AvgIpc) is 2.82. The zero-order valence-electron chi connectivity index (χ0n) is 10.2. The van der Waals surface area contributed by atoms with Crippen molar-refractivity contribution in [1.29, 1.82) is 0 Å². The van der Waals surface area contributed by atoms with Gasteiger partial charge in [-0.2, -0.15) is 5.10 Å². The summed E-state index contributed by atoms with van der Waals surface area (Å²) in [7, 11) is 0. The molecule has 2 heterocycles. The second-order valence-corrected chi connectivity index (χ2v) is 4.28. The molecule has 0 aliphatic heterocycles. The van der Waals surface area contributed by atoms with Crippen molar-refractivity contribution in [2.24, 2.45) is 0 Å². The van der Waals surface area contributed by atoms with Crippen LogP contribution in [0, 0.1) is 6.92 Å². The van der Waals surface area contributed by atoms with E-state index in [1.165, 1.54) is 0 Å². The maximum atomic E-state index is 10.9. The van der Waals surface area contributed by atoms with Crippen LogP contribution in [0.4, 0.5) is 0 Å². The van der Waals surface area contributed by atoms with Gasteiger partial charge in [0.1, 0.15) is 0 Å². The fraction of sp³-hybridized carbons (Fsp3) is 0.0714. The van der Waals surface area contributed by atoms with E-state index in [0.29, 0.717) is 0 Å². The Morgan fingerprint density at radius 2 is 2.16 bits per heavy atom. The molecule has 3 rings (SSSR count). The number of carboxylic acid groups (broad SMARTS) is 1. The number of benzene rings is 1. The summed E-state index contributed by atoms with van der Waals surface area (Å²) in [5, 5.41) is 14.2. The standard InChI is InChI=1S/C14H11N3O2/c1-9-7-10(14(18)19)4-5-12(9)17-13-11(8-16-17)3-2-6-15-13/h2-8H,1H3,(H,18,19). The highest BCUT2D eigenvalue weighted by Crippen LogP contribution is 2.20. The van der Waals surface area contributed by atoms with Crippen LogP contribution in [-0.2, 0) is 0 Å². The summed E-state index contributed by atoms with van der Waals surface area (Å²) in [6.07, 6.45) is 3.45. The van der Waals surface area contributed by atoms with Crippen molar-refractivity contribution in [1.82, 2.24) is 14.8 Å². The summed E-state index contributed by atoms with van der Waals surface area (Å²) in [5.41, 5.74) is 2.70. The first-order chi connectivity index (χ1) is 9.16. The molecule has 5 heteroatoms. The summed E-state index contributed by atoms with van der Waals surface area (Å²) in [4.78, 5) is 15.2. The lowest BCUT2D eigenvalue weighted by Gasteiger charge is -2.07. The van der Waals surface area contributed by atoms with E-state index in [1.807, 2.05) is 19.1 Å². The number of carbonyl (C=O) groups is 1. The van der Waals surface area contributed by atoms with E-state index in [4.69, 9.17) is 5.11 Å². The molecule has 1 N–H and O–H groups in total. The second kappa shape index (κ2) is 4.20. The predicted octanol–water partition coefficient (Wildman–Crippen LogP) is 2.43. The smallest absolute Gasteiger partial charge is 0.335 e. The first-order valence-corrected chi connectivity index (χ1v) is 5.80. The van der Waals surface area contributed by atoms with Gasteiger partial charge in [0.2, 0.25) is 0 Å². The Bertz CT molecular complexity index is 777. The van der Waals surface area contributed by atoms with Gasteiger partial charge in [0.25, 0.3) is 0 Å². The molecule has 3 aromatic rings.